The lowest BCUT2D eigenvalue weighted by molar-refractivity contribution is -0.384. The minimum absolute atomic E-state index is 0. The van der Waals surface area contributed by atoms with Crippen molar-refractivity contribution in [3.8, 4) is 0 Å². The average Bonchev–Trinajstić information content (AvgIpc) is 3.15. The third-order valence-electron chi connectivity index (χ3n) is 4.01. The highest BCUT2D eigenvalue weighted by molar-refractivity contribution is 14.1. The number of hydrazone groups is 1. The molecule has 3 N–H and O–H groups in total. The van der Waals surface area contributed by atoms with E-state index in [0.29, 0.717) is 5.84 Å². The molecule has 0 aromatic heterocycles. The molecule has 0 saturated heterocycles. The van der Waals surface area contributed by atoms with Crippen LogP contribution in [0, 0.1) is 13.7 Å². The summed E-state index contributed by atoms with van der Waals surface area (Å²) in [4.78, 5) is 10.5. The van der Waals surface area contributed by atoms with Crippen molar-refractivity contribution >= 4 is 57.9 Å². The fourth-order valence-corrected chi connectivity index (χ4v) is 3.02. The fraction of sp³-hybridized carbons (Fsp3) is 0. The maximum absolute atomic E-state index is 10.9. The summed E-state index contributed by atoms with van der Waals surface area (Å²) in [5.41, 5.74) is 5.86. The number of amidine groups is 1. The predicted molar refractivity (Wildman–Crippen MR) is 124 cm³/mol. The van der Waals surface area contributed by atoms with Crippen LogP contribution < -0.4 is 15.7 Å². The van der Waals surface area contributed by atoms with E-state index in [1.807, 2.05) is 54.6 Å². The molecule has 0 saturated carbocycles. The van der Waals surface area contributed by atoms with E-state index in [2.05, 4.69) is 28.0 Å². The van der Waals surface area contributed by atoms with Gasteiger partial charge in [0, 0.05) is 21.3 Å². The molecule has 10 heteroatoms. The molecule has 0 unspecified atom stereocenters. The number of hydrogen-bond donors (Lipinski definition) is 1. The number of hydrazine groups is 2. The van der Waals surface area contributed by atoms with Gasteiger partial charge < -0.3 is 5.48 Å². The maximum atomic E-state index is 10.9. The van der Waals surface area contributed by atoms with Crippen LogP contribution >= 0.6 is 35.0 Å². The Morgan fingerprint density at radius 3 is 2.07 bits per heavy atom. The minimum atomic E-state index is -0.413. The standard InChI is InChI=1S/C19H14IN5O2.ClH.H2O/c20-15-6-8-16(9-7-15)23-21-19(14-4-2-1-3-5-14)22-24(23)17-10-12-18(13-11-17)25(26)27;;/h1-13H,(H,21,22);1H;1H2. The van der Waals surface area contributed by atoms with Crippen LogP contribution in [0.3, 0.4) is 0 Å². The molecule has 1 aliphatic heterocycles. The number of halogens is 2. The van der Waals surface area contributed by atoms with Gasteiger partial charge in [0.15, 0.2) is 5.84 Å². The molecule has 0 aliphatic carbocycles. The molecule has 29 heavy (non-hydrogen) atoms. The first-order valence-electron chi connectivity index (χ1n) is 8.13. The SMILES string of the molecule is Cl.O.O=[N+]([O-])c1ccc(N2NC(c3ccccc3)=NN2c2ccc(I)cc2)cc1. The van der Waals surface area contributed by atoms with Gasteiger partial charge in [-0.15, -0.1) is 17.5 Å². The number of nitrogens with one attached hydrogen (secondary N) is 1. The highest BCUT2D eigenvalue weighted by Crippen LogP contribution is 2.27. The molecule has 3 aromatic rings. The summed E-state index contributed by atoms with van der Waals surface area (Å²) >= 11 is 2.25. The zero-order chi connectivity index (χ0) is 18.8. The largest absolute Gasteiger partial charge is 0.412 e. The summed E-state index contributed by atoms with van der Waals surface area (Å²) < 4.78 is 1.12. The van der Waals surface area contributed by atoms with Crippen LogP contribution in [-0.2, 0) is 0 Å². The molecular weight excluding hydrogens is 509 g/mol. The summed E-state index contributed by atoms with van der Waals surface area (Å²) in [6, 6.07) is 24.1. The normalized spacial score (nSPS) is 12.4. The Kier molecular flexibility index (Phi) is 7.37. The Hall–Kier alpha value is -2.89. The van der Waals surface area contributed by atoms with Gasteiger partial charge in [0.1, 0.15) is 0 Å². The molecule has 0 radical (unpaired) electrons. The van der Waals surface area contributed by atoms with Crippen LogP contribution in [0.5, 0.6) is 0 Å². The molecule has 4 rings (SSSR count). The Labute approximate surface area is 186 Å². The van der Waals surface area contributed by atoms with Gasteiger partial charge in [-0.1, -0.05) is 30.3 Å². The topological polar surface area (TPSA) is 106 Å². The molecule has 0 fully saturated rings. The summed E-state index contributed by atoms with van der Waals surface area (Å²) in [6.07, 6.45) is 0. The van der Waals surface area contributed by atoms with Crippen LogP contribution in [0.25, 0.3) is 0 Å². The van der Waals surface area contributed by atoms with Gasteiger partial charge in [-0.05, 0) is 59.0 Å². The molecule has 1 aliphatic rings. The molecule has 0 atom stereocenters. The van der Waals surface area contributed by atoms with Gasteiger partial charge in [-0.3, -0.25) is 15.5 Å². The maximum Gasteiger partial charge on any atom is 0.269 e. The number of hydrogen-bond acceptors (Lipinski definition) is 6. The predicted octanol–water partition coefficient (Wildman–Crippen LogP) is 3.90. The monoisotopic (exact) mass is 525 g/mol. The van der Waals surface area contributed by atoms with Crippen molar-refractivity contribution in [2.75, 3.05) is 10.2 Å². The van der Waals surface area contributed by atoms with E-state index in [1.165, 1.54) is 12.1 Å². The first-order chi connectivity index (χ1) is 13.1. The van der Waals surface area contributed by atoms with Crippen molar-refractivity contribution in [3.05, 3.63) is 98.1 Å². The summed E-state index contributed by atoms with van der Waals surface area (Å²) in [6.45, 7) is 0. The highest BCUT2D eigenvalue weighted by Gasteiger charge is 2.26. The number of non-ortho nitro benzene ring substituents is 1. The lowest BCUT2D eigenvalue weighted by Gasteiger charge is -2.27. The van der Waals surface area contributed by atoms with Crippen molar-refractivity contribution in [2.45, 2.75) is 0 Å². The molecule has 1 heterocycles. The van der Waals surface area contributed by atoms with Crippen molar-refractivity contribution < 1.29 is 10.4 Å². The van der Waals surface area contributed by atoms with Gasteiger partial charge >= 0.3 is 0 Å². The lowest BCUT2D eigenvalue weighted by Crippen LogP contribution is -2.44. The first kappa shape index (κ1) is 22.4. The molecule has 0 amide bonds. The van der Waals surface area contributed by atoms with E-state index in [4.69, 9.17) is 5.10 Å². The van der Waals surface area contributed by atoms with Crippen molar-refractivity contribution in [1.29, 1.82) is 0 Å². The second-order valence-corrected chi connectivity index (χ2v) is 7.02. The minimum Gasteiger partial charge on any atom is -0.412 e. The second kappa shape index (κ2) is 9.54. The van der Waals surface area contributed by atoms with Crippen molar-refractivity contribution in [2.24, 2.45) is 5.10 Å². The Balaban J connectivity index is 0.00000150. The van der Waals surface area contributed by atoms with E-state index in [9.17, 15) is 10.1 Å². The summed E-state index contributed by atoms with van der Waals surface area (Å²) in [7, 11) is 0. The Bertz CT molecular complexity index is 1000. The number of nitro benzene ring substituents is 1. The number of nitrogens with zero attached hydrogens (tertiary/aromatic N) is 4. The van der Waals surface area contributed by atoms with Crippen molar-refractivity contribution in [1.82, 2.24) is 5.43 Å². The Morgan fingerprint density at radius 2 is 1.48 bits per heavy atom. The van der Waals surface area contributed by atoms with Gasteiger partial charge in [0.05, 0.1) is 16.3 Å². The first-order valence-corrected chi connectivity index (χ1v) is 9.20. The van der Waals surface area contributed by atoms with E-state index in [-0.39, 0.29) is 23.6 Å². The van der Waals surface area contributed by atoms with Gasteiger partial charge in [0.2, 0.25) is 0 Å². The number of benzene rings is 3. The second-order valence-electron chi connectivity index (χ2n) is 5.78. The number of nitro groups is 1. The van der Waals surface area contributed by atoms with Crippen LogP contribution in [0.1, 0.15) is 5.56 Å². The molecule has 150 valence electrons. The van der Waals surface area contributed by atoms with Gasteiger partial charge in [0.25, 0.3) is 5.69 Å². The zero-order valence-corrected chi connectivity index (χ0v) is 17.9. The third kappa shape index (κ3) is 4.75. The van der Waals surface area contributed by atoms with E-state index >= 15 is 0 Å². The molecule has 0 spiro atoms. The highest BCUT2D eigenvalue weighted by atomic mass is 127. The lowest BCUT2D eigenvalue weighted by atomic mass is 10.2. The molecule has 0 bridgehead atoms. The van der Waals surface area contributed by atoms with Crippen LogP contribution in [0.15, 0.2) is 84.0 Å². The van der Waals surface area contributed by atoms with Crippen LogP contribution in [-0.4, -0.2) is 16.2 Å². The smallest absolute Gasteiger partial charge is 0.269 e. The quantitative estimate of drug-likeness (QED) is 0.316. The van der Waals surface area contributed by atoms with Gasteiger partial charge in [-0.2, -0.15) is 10.2 Å². The van der Waals surface area contributed by atoms with Crippen molar-refractivity contribution in [3.63, 3.8) is 0 Å². The molecule has 8 nitrogen and oxygen atoms in total. The Morgan fingerprint density at radius 1 is 0.897 bits per heavy atom. The molecular formula is C19H17ClIN5O3. The van der Waals surface area contributed by atoms with E-state index in [1.54, 1.807) is 22.4 Å². The average molecular weight is 526 g/mol. The number of anilines is 2. The van der Waals surface area contributed by atoms with Gasteiger partial charge in [-0.25, -0.2) is 0 Å². The van der Waals surface area contributed by atoms with E-state index < -0.39 is 4.92 Å². The van der Waals surface area contributed by atoms with E-state index in [0.717, 1.165) is 20.5 Å². The summed E-state index contributed by atoms with van der Waals surface area (Å²) in [5, 5.41) is 19.1. The third-order valence-corrected chi connectivity index (χ3v) is 4.73. The molecule has 3 aromatic carbocycles. The van der Waals surface area contributed by atoms with Crippen LogP contribution in [0.4, 0.5) is 17.1 Å². The van der Waals surface area contributed by atoms with Crippen LogP contribution in [0.2, 0.25) is 0 Å². The number of rotatable bonds is 4. The zero-order valence-electron chi connectivity index (χ0n) is 14.9. The summed E-state index contributed by atoms with van der Waals surface area (Å²) in [5.74, 6) is 0.688. The fourth-order valence-electron chi connectivity index (χ4n) is 2.66.